The highest BCUT2D eigenvalue weighted by Gasteiger charge is 2.06. The second kappa shape index (κ2) is 8.80. The number of carbonyl (C=O) groups is 2. The quantitative estimate of drug-likeness (QED) is 0.675. The van der Waals surface area contributed by atoms with Crippen molar-refractivity contribution in [2.24, 2.45) is 0 Å². The van der Waals surface area contributed by atoms with Crippen molar-refractivity contribution in [2.75, 3.05) is 5.32 Å². The van der Waals surface area contributed by atoms with Crippen LogP contribution in [0.5, 0.6) is 0 Å². The highest BCUT2D eigenvalue weighted by molar-refractivity contribution is 5.94. The highest BCUT2D eigenvalue weighted by atomic mass is 16.2. The van der Waals surface area contributed by atoms with Gasteiger partial charge in [0.1, 0.15) is 0 Å². The first kappa shape index (κ1) is 18.4. The number of nitrogens with zero attached hydrogens (tertiary/aromatic N) is 2. The number of anilines is 1. The summed E-state index contributed by atoms with van der Waals surface area (Å²) in [7, 11) is 0. The fraction of sp³-hybridized carbons (Fsp3) is 0.190. The van der Waals surface area contributed by atoms with Crippen molar-refractivity contribution in [3.8, 4) is 5.69 Å². The van der Waals surface area contributed by atoms with Crippen molar-refractivity contribution in [2.45, 2.75) is 26.3 Å². The molecule has 6 nitrogen and oxygen atoms in total. The number of imidazole rings is 1. The zero-order valence-corrected chi connectivity index (χ0v) is 15.2. The van der Waals surface area contributed by atoms with Gasteiger partial charge in [-0.25, -0.2) is 4.98 Å². The van der Waals surface area contributed by atoms with E-state index in [-0.39, 0.29) is 11.8 Å². The Kier molecular flexibility index (Phi) is 5.99. The first-order valence-electron chi connectivity index (χ1n) is 8.91. The van der Waals surface area contributed by atoms with E-state index in [1.807, 2.05) is 54.1 Å². The van der Waals surface area contributed by atoms with E-state index in [4.69, 9.17) is 0 Å². The molecule has 0 bridgehead atoms. The summed E-state index contributed by atoms with van der Waals surface area (Å²) in [6.45, 7) is 2.39. The Morgan fingerprint density at radius 1 is 1.04 bits per heavy atom. The Bertz CT molecular complexity index is 885. The molecule has 2 N–H and O–H groups in total. The van der Waals surface area contributed by atoms with Crippen molar-refractivity contribution in [1.82, 2.24) is 14.9 Å². The average molecular weight is 362 g/mol. The smallest absolute Gasteiger partial charge is 0.251 e. The fourth-order valence-corrected chi connectivity index (χ4v) is 2.64. The maximum absolute atomic E-state index is 12.3. The molecule has 0 radical (unpaired) electrons. The second-order valence-electron chi connectivity index (χ2n) is 6.19. The lowest BCUT2D eigenvalue weighted by molar-refractivity contribution is -0.116. The molecule has 0 aliphatic carbocycles. The predicted molar refractivity (Wildman–Crippen MR) is 105 cm³/mol. The summed E-state index contributed by atoms with van der Waals surface area (Å²) in [4.78, 5) is 27.9. The Hall–Kier alpha value is -3.41. The molecule has 3 aromatic rings. The third kappa shape index (κ3) is 5.04. The van der Waals surface area contributed by atoms with Gasteiger partial charge in [0.25, 0.3) is 5.91 Å². The van der Waals surface area contributed by atoms with Crippen molar-refractivity contribution >= 4 is 17.5 Å². The minimum Gasteiger partial charge on any atom is -0.348 e. The van der Waals surface area contributed by atoms with E-state index in [1.165, 1.54) is 0 Å². The molecule has 3 rings (SSSR count). The predicted octanol–water partition coefficient (Wildman–Crippen LogP) is 3.54. The van der Waals surface area contributed by atoms with E-state index in [0.717, 1.165) is 23.4 Å². The summed E-state index contributed by atoms with van der Waals surface area (Å²) in [5.74, 6) is -0.120. The summed E-state index contributed by atoms with van der Waals surface area (Å²) >= 11 is 0. The van der Waals surface area contributed by atoms with Crippen LogP contribution in [0.3, 0.4) is 0 Å². The summed E-state index contributed by atoms with van der Waals surface area (Å²) in [6.07, 6.45) is 6.60. The molecule has 0 aliphatic rings. The SMILES string of the molecule is CCCC(=O)Nc1ccc(CNC(=O)c2ccc(-n3ccnc3)cc2)cc1. The van der Waals surface area contributed by atoms with Crippen LogP contribution in [0, 0.1) is 0 Å². The van der Waals surface area contributed by atoms with Crippen LogP contribution >= 0.6 is 0 Å². The molecule has 1 heterocycles. The maximum Gasteiger partial charge on any atom is 0.251 e. The second-order valence-corrected chi connectivity index (χ2v) is 6.19. The monoisotopic (exact) mass is 362 g/mol. The molecule has 0 spiro atoms. The number of amides is 2. The normalized spacial score (nSPS) is 10.4. The van der Waals surface area contributed by atoms with Gasteiger partial charge in [0.05, 0.1) is 6.33 Å². The average Bonchev–Trinajstić information content (AvgIpc) is 3.22. The molecule has 2 amide bonds. The van der Waals surface area contributed by atoms with Gasteiger partial charge in [-0.1, -0.05) is 19.1 Å². The topological polar surface area (TPSA) is 76.0 Å². The van der Waals surface area contributed by atoms with Crippen molar-refractivity contribution in [3.05, 3.63) is 78.4 Å². The zero-order valence-electron chi connectivity index (χ0n) is 15.2. The van der Waals surface area contributed by atoms with Crippen LogP contribution in [0.4, 0.5) is 5.69 Å². The summed E-state index contributed by atoms with van der Waals surface area (Å²) in [5.41, 5.74) is 3.28. The Balaban J connectivity index is 1.53. The van der Waals surface area contributed by atoms with E-state index in [1.54, 1.807) is 24.7 Å². The molecule has 0 aliphatic heterocycles. The molecular weight excluding hydrogens is 340 g/mol. The van der Waals surface area contributed by atoms with Gasteiger partial charge in [0.15, 0.2) is 0 Å². The largest absolute Gasteiger partial charge is 0.348 e. The molecule has 1 aromatic heterocycles. The molecule has 0 atom stereocenters. The number of benzene rings is 2. The van der Waals surface area contributed by atoms with Gasteiger partial charge in [0.2, 0.25) is 5.91 Å². The van der Waals surface area contributed by atoms with E-state index in [9.17, 15) is 9.59 Å². The molecule has 0 saturated carbocycles. The number of hydrogen-bond donors (Lipinski definition) is 2. The van der Waals surface area contributed by atoms with Crippen LogP contribution in [0.2, 0.25) is 0 Å². The number of aromatic nitrogens is 2. The van der Waals surface area contributed by atoms with Gasteiger partial charge >= 0.3 is 0 Å². The minimum absolute atomic E-state index is 0.0118. The number of hydrogen-bond acceptors (Lipinski definition) is 3. The van der Waals surface area contributed by atoms with Crippen LogP contribution < -0.4 is 10.6 Å². The van der Waals surface area contributed by atoms with Gasteiger partial charge < -0.3 is 15.2 Å². The van der Waals surface area contributed by atoms with Crippen molar-refractivity contribution in [3.63, 3.8) is 0 Å². The highest BCUT2D eigenvalue weighted by Crippen LogP contribution is 2.12. The first-order chi connectivity index (χ1) is 13.2. The van der Waals surface area contributed by atoms with E-state index in [0.29, 0.717) is 18.5 Å². The molecular formula is C21H22N4O2. The summed E-state index contributed by atoms with van der Waals surface area (Å²) in [6, 6.07) is 14.8. The maximum atomic E-state index is 12.3. The van der Waals surface area contributed by atoms with Gasteiger partial charge in [-0.2, -0.15) is 0 Å². The van der Waals surface area contributed by atoms with Crippen LogP contribution in [-0.2, 0) is 11.3 Å². The summed E-state index contributed by atoms with van der Waals surface area (Å²) < 4.78 is 1.88. The van der Waals surface area contributed by atoms with E-state index < -0.39 is 0 Å². The minimum atomic E-state index is -0.132. The van der Waals surface area contributed by atoms with Crippen molar-refractivity contribution < 1.29 is 9.59 Å². The lowest BCUT2D eigenvalue weighted by Gasteiger charge is -2.08. The van der Waals surface area contributed by atoms with Gasteiger partial charge in [0, 0.05) is 42.3 Å². The number of rotatable bonds is 7. The third-order valence-corrected chi connectivity index (χ3v) is 4.10. The Morgan fingerprint density at radius 2 is 1.78 bits per heavy atom. The standard InChI is InChI=1S/C21H22N4O2/c1-2-3-20(26)24-18-8-4-16(5-9-18)14-23-21(27)17-6-10-19(11-7-17)25-13-12-22-15-25/h4-13,15H,2-3,14H2,1H3,(H,23,27)(H,24,26). The lowest BCUT2D eigenvalue weighted by Crippen LogP contribution is -2.22. The summed E-state index contributed by atoms with van der Waals surface area (Å²) in [5, 5.41) is 5.75. The van der Waals surface area contributed by atoms with Gasteiger partial charge in [-0.05, 0) is 48.4 Å². The third-order valence-electron chi connectivity index (χ3n) is 4.10. The molecule has 6 heteroatoms. The van der Waals surface area contributed by atoms with Gasteiger partial charge in [-0.15, -0.1) is 0 Å². The fourth-order valence-electron chi connectivity index (χ4n) is 2.64. The molecule has 138 valence electrons. The Labute approximate surface area is 158 Å². The van der Waals surface area contributed by atoms with E-state index in [2.05, 4.69) is 15.6 Å². The van der Waals surface area contributed by atoms with Crippen LogP contribution in [0.25, 0.3) is 5.69 Å². The zero-order chi connectivity index (χ0) is 19.1. The van der Waals surface area contributed by atoms with E-state index >= 15 is 0 Å². The molecule has 2 aromatic carbocycles. The molecule has 0 unspecified atom stereocenters. The Morgan fingerprint density at radius 3 is 2.41 bits per heavy atom. The van der Waals surface area contributed by atoms with Crippen LogP contribution in [0.15, 0.2) is 67.3 Å². The number of carbonyl (C=O) groups excluding carboxylic acids is 2. The van der Waals surface area contributed by atoms with Crippen LogP contribution in [0.1, 0.15) is 35.7 Å². The molecule has 27 heavy (non-hydrogen) atoms. The molecule has 0 fully saturated rings. The number of nitrogens with one attached hydrogen (secondary N) is 2. The van der Waals surface area contributed by atoms with Gasteiger partial charge in [-0.3, -0.25) is 9.59 Å². The lowest BCUT2D eigenvalue weighted by atomic mass is 10.1. The van der Waals surface area contributed by atoms with Crippen LogP contribution in [-0.4, -0.2) is 21.4 Å². The first-order valence-corrected chi connectivity index (χ1v) is 8.91. The molecule has 0 saturated heterocycles. The van der Waals surface area contributed by atoms with Crippen molar-refractivity contribution in [1.29, 1.82) is 0 Å².